The Hall–Kier alpha value is -3.54. The molecule has 3 heteroatoms. The van der Waals surface area contributed by atoms with Gasteiger partial charge in [0.05, 0.1) is 16.1 Å². The minimum absolute atomic E-state index is 0.168. The monoisotopic (exact) mass is 708 g/mol. The molecule has 0 fully saturated rings. The van der Waals surface area contributed by atoms with Gasteiger partial charge in [0.25, 0.3) is 0 Å². The Morgan fingerprint density at radius 2 is 0.882 bits per heavy atom. The standard InChI is InChI=1S/C48H60OSi2/c1-29(2)50(30(3)4,31(5)6)47-42-20-16-17-21-43(42)48(51(32(7)8,33(9)10)34(11)12)46-44(47)25-24-41(45(46)35(13)49)39-23-22-38-26-36-18-14-15-19-37(36)27-40(38)28-39/h14-34H,1-13H3. The number of carbonyl (C=O) groups excluding carboxylic acids is 1. The van der Waals surface area contributed by atoms with Gasteiger partial charge in [-0.05, 0) is 123 Å². The topological polar surface area (TPSA) is 17.1 Å². The molecule has 0 heterocycles. The Morgan fingerprint density at radius 1 is 0.451 bits per heavy atom. The van der Waals surface area contributed by atoms with Gasteiger partial charge in [0.15, 0.2) is 5.78 Å². The first-order chi connectivity index (χ1) is 24.1. The zero-order chi connectivity index (χ0) is 37.2. The van der Waals surface area contributed by atoms with Crippen molar-refractivity contribution in [2.24, 2.45) is 0 Å². The van der Waals surface area contributed by atoms with E-state index in [0.717, 1.165) is 16.7 Å². The highest BCUT2D eigenvalue weighted by atomic mass is 28.3. The predicted molar refractivity (Wildman–Crippen MR) is 233 cm³/mol. The fourth-order valence-electron chi connectivity index (χ4n) is 11.6. The Labute approximate surface area is 309 Å². The van der Waals surface area contributed by atoms with Crippen LogP contribution in [0.15, 0.2) is 91.0 Å². The molecule has 0 spiro atoms. The van der Waals surface area contributed by atoms with Crippen molar-refractivity contribution >= 4 is 75.4 Å². The normalized spacial score (nSPS) is 13.2. The number of benzene rings is 6. The van der Waals surface area contributed by atoms with E-state index in [1.807, 2.05) is 6.92 Å². The van der Waals surface area contributed by atoms with Crippen molar-refractivity contribution in [3.63, 3.8) is 0 Å². The van der Waals surface area contributed by atoms with E-state index in [1.54, 1.807) is 5.19 Å². The summed E-state index contributed by atoms with van der Waals surface area (Å²) in [6.07, 6.45) is 0. The highest BCUT2D eigenvalue weighted by molar-refractivity contribution is 7.01. The summed E-state index contributed by atoms with van der Waals surface area (Å²) < 4.78 is 0. The largest absolute Gasteiger partial charge is 0.294 e. The number of Topliss-reactive ketones (excluding diaryl/α,β-unsaturated/α-hetero) is 1. The summed E-state index contributed by atoms with van der Waals surface area (Å²) in [5, 5.41) is 13.5. The lowest BCUT2D eigenvalue weighted by Crippen LogP contribution is -2.59. The third-order valence-electron chi connectivity index (χ3n) is 13.2. The lowest BCUT2D eigenvalue weighted by molar-refractivity contribution is 0.102. The second-order valence-electron chi connectivity index (χ2n) is 17.3. The molecule has 0 unspecified atom stereocenters. The summed E-state index contributed by atoms with van der Waals surface area (Å²) in [5.74, 6) is 0.168. The van der Waals surface area contributed by atoms with Crippen LogP contribution in [0.5, 0.6) is 0 Å². The number of carbonyl (C=O) groups is 1. The van der Waals surface area contributed by atoms with Crippen LogP contribution in [-0.4, -0.2) is 21.9 Å². The van der Waals surface area contributed by atoms with E-state index in [4.69, 9.17) is 0 Å². The quantitative estimate of drug-likeness (QED) is 0.0786. The van der Waals surface area contributed by atoms with Gasteiger partial charge in [0, 0.05) is 5.56 Å². The van der Waals surface area contributed by atoms with E-state index >= 15 is 0 Å². The highest BCUT2D eigenvalue weighted by Gasteiger charge is 2.50. The number of hydrogen-bond acceptors (Lipinski definition) is 1. The summed E-state index contributed by atoms with van der Waals surface area (Å²) in [7, 11) is -4.52. The molecule has 0 aliphatic heterocycles. The second-order valence-corrected chi connectivity index (χ2v) is 29.0. The van der Waals surface area contributed by atoms with Crippen LogP contribution in [0.4, 0.5) is 0 Å². The first kappa shape index (κ1) is 37.2. The molecule has 6 rings (SSSR count). The third-order valence-corrected chi connectivity index (χ3v) is 27.4. The molecule has 0 bridgehead atoms. The highest BCUT2D eigenvalue weighted by Crippen LogP contribution is 2.48. The third kappa shape index (κ3) is 5.57. The van der Waals surface area contributed by atoms with Crippen molar-refractivity contribution in [1.82, 2.24) is 0 Å². The Morgan fingerprint density at radius 3 is 1.37 bits per heavy atom. The fraction of sp³-hybridized carbons (Fsp3) is 0.396. The SMILES string of the molecule is CC(=O)c1c(-c2ccc3cc4ccccc4cc3c2)ccc2c([Si](C(C)C)(C(C)C)C(C)C)c3ccccc3c([Si](C(C)C)(C(C)C)C(C)C)c12. The molecule has 0 N–H and O–H groups in total. The summed E-state index contributed by atoms with van der Waals surface area (Å²) in [6.45, 7) is 31.6. The van der Waals surface area contributed by atoms with Gasteiger partial charge >= 0.3 is 0 Å². The molecule has 0 amide bonds. The first-order valence-corrected chi connectivity index (χ1v) is 24.0. The van der Waals surface area contributed by atoms with Gasteiger partial charge in [0.1, 0.15) is 0 Å². The maximum absolute atomic E-state index is 14.6. The number of hydrogen-bond donors (Lipinski definition) is 0. The van der Waals surface area contributed by atoms with Gasteiger partial charge in [-0.3, -0.25) is 4.79 Å². The Bertz CT molecular complexity index is 2230. The van der Waals surface area contributed by atoms with Crippen LogP contribution in [-0.2, 0) is 0 Å². The summed E-state index contributed by atoms with van der Waals surface area (Å²) in [5.41, 5.74) is 6.20. The first-order valence-electron chi connectivity index (χ1n) is 19.6. The molecule has 1 nitrogen and oxygen atoms in total. The second kappa shape index (κ2) is 13.8. The lowest BCUT2D eigenvalue weighted by atomic mass is 9.89. The minimum atomic E-state index is -2.31. The molecule has 0 radical (unpaired) electrons. The minimum Gasteiger partial charge on any atom is -0.294 e. The fourth-order valence-corrected chi connectivity index (χ4v) is 25.8. The molecular formula is C48H60OSi2. The Balaban J connectivity index is 1.91. The molecule has 0 aliphatic carbocycles. The van der Waals surface area contributed by atoms with Crippen LogP contribution in [0.1, 0.15) is 100 Å². The van der Waals surface area contributed by atoms with Crippen LogP contribution in [0.3, 0.4) is 0 Å². The number of ketones is 1. The molecule has 266 valence electrons. The molecule has 0 saturated carbocycles. The average Bonchev–Trinajstić information content (AvgIpc) is 3.06. The van der Waals surface area contributed by atoms with Crippen molar-refractivity contribution in [3.8, 4) is 11.1 Å². The van der Waals surface area contributed by atoms with Gasteiger partial charge in [0.2, 0.25) is 0 Å². The van der Waals surface area contributed by atoms with Crippen LogP contribution in [0.2, 0.25) is 33.2 Å². The van der Waals surface area contributed by atoms with Crippen molar-refractivity contribution in [1.29, 1.82) is 0 Å². The van der Waals surface area contributed by atoms with Gasteiger partial charge < -0.3 is 0 Å². The van der Waals surface area contributed by atoms with Crippen molar-refractivity contribution < 1.29 is 4.79 Å². The van der Waals surface area contributed by atoms with Gasteiger partial charge in [-0.25, -0.2) is 0 Å². The zero-order valence-corrected chi connectivity index (χ0v) is 35.5. The lowest BCUT2D eigenvalue weighted by Gasteiger charge is -2.48. The van der Waals surface area contributed by atoms with Crippen molar-refractivity contribution in [2.75, 3.05) is 0 Å². The van der Waals surface area contributed by atoms with E-state index in [2.05, 4.69) is 174 Å². The van der Waals surface area contributed by atoms with Crippen LogP contribution < -0.4 is 10.4 Å². The molecule has 0 saturated heterocycles. The maximum atomic E-state index is 14.6. The molecule has 0 aliphatic rings. The van der Waals surface area contributed by atoms with E-state index < -0.39 is 16.1 Å². The maximum Gasteiger partial charge on any atom is 0.161 e. The smallest absolute Gasteiger partial charge is 0.161 e. The predicted octanol–water partition coefficient (Wildman–Crippen LogP) is 13.9. The van der Waals surface area contributed by atoms with Gasteiger partial charge in [-0.1, -0.05) is 156 Å². The van der Waals surface area contributed by atoms with E-state index in [1.165, 1.54) is 48.3 Å². The van der Waals surface area contributed by atoms with Crippen LogP contribution >= 0.6 is 0 Å². The van der Waals surface area contributed by atoms with Gasteiger partial charge in [-0.2, -0.15) is 0 Å². The van der Waals surface area contributed by atoms with E-state index in [-0.39, 0.29) is 5.78 Å². The van der Waals surface area contributed by atoms with Crippen LogP contribution in [0.25, 0.3) is 54.2 Å². The molecular weight excluding hydrogens is 649 g/mol. The zero-order valence-electron chi connectivity index (χ0n) is 33.5. The number of fused-ring (bicyclic) bond motifs is 4. The summed E-state index contributed by atoms with van der Waals surface area (Å²) in [4.78, 5) is 14.6. The number of rotatable bonds is 10. The molecule has 6 aromatic carbocycles. The molecule has 0 atom stereocenters. The van der Waals surface area contributed by atoms with E-state index in [0.29, 0.717) is 33.2 Å². The Kier molecular flexibility index (Phi) is 10.1. The molecule has 0 aromatic heterocycles. The molecule has 6 aromatic rings. The van der Waals surface area contributed by atoms with Crippen molar-refractivity contribution in [2.45, 2.75) is 123 Å². The summed E-state index contributed by atoms with van der Waals surface area (Å²) in [6, 6.07) is 34.2. The molecule has 51 heavy (non-hydrogen) atoms. The van der Waals surface area contributed by atoms with Crippen LogP contribution in [0, 0.1) is 0 Å². The summed E-state index contributed by atoms with van der Waals surface area (Å²) >= 11 is 0. The van der Waals surface area contributed by atoms with E-state index in [9.17, 15) is 4.79 Å². The average molecular weight is 709 g/mol. The van der Waals surface area contributed by atoms with Crippen molar-refractivity contribution in [3.05, 3.63) is 96.6 Å². The van der Waals surface area contributed by atoms with Gasteiger partial charge in [-0.15, -0.1) is 0 Å².